The van der Waals surface area contributed by atoms with Crippen molar-refractivity contribution in [2.24, 2.45) is 0 Å². The summed E-state index contributed by atoms with van der Waals surface area (Å²) in [6.45, 7) is 1.30. The Bertz CT molecular complexity index is 723. The number of thiophene rings is 1. The average molecular weight is 325 g/mol. The maximum Gasteiger partial charge on any atom is 0.324 e. The van der Waals surface area contributed by atoms with Crippen molar-refractivity contribution >= 4 is 33.0 Å². The van der Waals surface area contributed by atoms with Gasteiger partial charge in [0.1, 0.15) is 10.8 Å². The van der Waals surface area contributed by atoms with Crippen molar-refractivity contribution in [2.45, 2.75) is 17.6 Å². The van der Waals surface area contributed by atoms with Crippen LogP contribution in [0.4, 0.5) is 5.69 Å². The van der Waals surface area contributed by atoms with Gasteiger partial charge in [-0.2, -0.15) is 0 Å². The molecule has 5 nitrogen and oxygen atoms in total. The second-order valence-corrected chi connectivity index (χ2v) is 7.36. The number of rotatable bonds is 6. The second kappa shape index (κ2) is 6.28. The molecular formula is C14H15NO4S2. The zero-order valence-electron chi connectivity index (χ0n) is 11.4. The molecule has 0 aliphatic rings. The van der Waals surface area contributed by atoms with E-state index in [2.05, 4.69) is 0 Å². The maximum absolute atomic E-state index is 12.7. The van der Waals surface area contributed by atoms with Crippen molar-refractivity contribution in [3.63, 3.8) is 0 Å². The van der Waals surface area contributed by atoms with E-state index in [0.717, 1.165) is 21.2 Å². The standard InChI is InChI=1S/C14H15NO4S2/c1-2-11-6-3-4-7-12(11)15(10-13(16)17)21(18,19)14-8-5-9-20-14/h3-9H,2,10H2,1H3,(H,16,17). The highest BCUT2D eigenvalue weighted by molar-refractivity contribution is 7.94. The van der Waals surface area contributed by atoms with Crippen molar-refractivity contribution in [2.75, 3.05) is 10.8 Å². The van der Waals surface area contributed by atoms with Crippen LogP contribution in [0.5, 0.6) is 0 Å². The zero-order valence-corrected chi connectivity index (χ0v) is 13.0. The molecule has 112 valence electrons. The van der Waals surface area contributed by atoms with E-state index in [-0.39, 0.29) is 4.21 Å². The molecule has 0 spiro atoms. The van der Waals surface area contributed by atoms with Gasteiger partial charge < -0.3 is 5.11 Å². The van der Waals surface area contributed by atoms with E-state index in [1.807, 2.05) is 6.92 Å². The third-order valence-corrected chi connectivity index (χ3v) is 6.09. The summed E-state index contributed by atoms with van der Waals surface area (Å²) in [5, 5.41) is 10.7. The third kappa shape index (κ3) is 3.25. The number of hydrogen-bond donors (Lipinski definition) is 1. The molecule has 0 bridgehead atoms. The lowest BCUT2D eigenvalue weighted by Gasteiger charge is -2.24. The van der Waals surface area contributed by atoms with Crippen molar-refractivity contribution in [1.82, 2.24) is 0 Å². The Morgan fingerprint density at radius 2 is 1.95 bits per heavy atom. The van der Waals surface area contributed by atoms with Gasteiger partial charge in [-0.3, -0.25) is 9.10 Å². The highest BCUT2D eigenvalue weighted by Gasteiger charge is 2.29. The summed E-state index contributed by atoms with van der Waals surface area (Å²) in [5.74, 6) is -1.19. The van der Waals surface area contributed by atoms with E-state index in [1.165, 1.54) is 6.07 Å². The lowest BCUT2D eigenvalue weighted by atomic mass is 10.1. The van der Waals surface area contributed by atoms with E-state index in [9.17, 15) is 13.2 Å². The topological polar surface area (TPSA) is 74.7 Å². The number of carboxylic acids is 1. The highest BCUT2D eigenvalue weighted by atomic mass is 32.2. The van der Waals surface area contributed by atoms with Crippen molar-refractivity contribution in [3.05, 3.63) is 47.3 Å². The number of carboxylic acid groups (broad SMARTS) is 1. The van der Waals surface area contributed by atoms with Gasteiger partial charge >= 0.3 is 5.97 Å². The molecule has 1 N–H and O–H groups in total. The zero-order chi connectivity index (χ0) is 15.5. The first-order chi connectivity index (χ1) is 9.96. The third-order valence-electron chi connectivity index (χ3n) is 2.96. The van der Waals surface area contributed by atoms with Crippen LogP contribution in [0.3, 0.4) is 0 Å². The van der Waals surface area contributed by atoms with Crippen LogP contribution in [-0.4, -0.2) is 26.0 Å². The monoisotopic (exact) mass is 325 g/mol. The molecule has 0 radical (unpaired) electrons. The second-order valence-electron chi connectivity index (χ2n) is 4.32. The van der Waals surface area contributed by atoms with Crippen LogP contribution in [0.25, 0.3) is 0 Å². The Kier molecular flexibility index (Phi) is 4.64. The number of para-hydroxylation sites is 1. The summed E-state index contributed by atoms with van der Waals surface area (Å²) < 4.78 is 26.4. The van der Waals surface area contributed by atoms with Crippen LogP contribution in [0.2, 0.25) is 0 Å². The van der Waals surface area contributed by atoms with Gasteiger partial charge in [0.15, 0.2) is 0 Å². The summed E-state index contributed by atoms with van der Waals surface area (Å²) in [6, 6.07) is 10.0. The molecule has 7 heteroatoms. The van der Waals surface area contributed by atoms with Crippen LogP contribution in [0, 0.1) is 0 Å². The largest absolute Gasteiger partial charge is 0.480 e. The number of aryl methyl sites for hydroxylation is 1. The molecular weight excluding hydrogens is 310 g/mol. The van der Waals surface area contributed by atoms with Crippen molar-refractivity contribution < 1.29 is 18.3 Å². The number of hydrogen-bond acceptors (Lipinski definition) is 4. The molecule has 1 heterocycles. The number of anilines is 1. The predicted octanol–water partition coefficient (Wildman–Crippen LogP) is 2.59. The molecule has 2 aromatic rings. The average Bonchev–Trinajstić information content (AvgIpc) is 2.99. The van der Waals surface area contributed by atoms with Gasteiger partial charge in [0.2, 0.25) is 0 Å². The van der Waals surface area contributed by atoms with E-state index >= 15 is 0 Å². The molecule has 0 amide bonds. The first-order valence-electron chi connectivity index (χ1n) is 6.32. The van der Waals surface area contributed by atoms with Crippen LogP contribution >= 0.6 is 11.3 Å². The number of nitrogens with zero attached hydrogens (tertiary/aromatic N) is 1. The molecule has 0 saturated heterocycles. The van der Waals surface area contributed by atoms with Crippen LogP contribution < -0.4 is 4.31 Å². The van der Waals surface area contributed by atoms with Gasteiger partial charge in [-0.05, 0) is 29.5 Å². The molecule has 1 aromatic carbocycles. The SMILES string of the molecule is CCc1ccccc1N(CC(=O)O)S(=O)(=O)c1cccs1. The lowest BCUT2D eigenvalue weighted by Crippen LogP contribution is -2.36. The van der Waals surface area contributed by atoms with Gasteiger partial charge in [-0.25, -0.2) is 8.42 Å². The minimum absolute atomic E-state index is 0.134. The predicted molar refractivity (Wildman–Crippen MR) is 82.3 cm³/mol. The Labute approximate surface area is 127 Å². The van der Waals surface area contributed by atoms with Gasteiger partial charge in [0.05, 0.1) is 5.69 Å². The highest BCUT2D eigenvalue weighted by Crippen LogP contribution is 2.29. The normalized spacial score (nSPS) is 11.3. The number of sulfonamides is 1. The minimum Gasteiger partial charge on any atom is -0.480 e. The minimum atomic E-state index is -3.87. The Balaban J connectivity index is 2.56. The maximum atomic E-state index is 12.7. The van der Waals surface area contributed by atoms with E-state index in [0.29, 0.717) is 12.1 Å². The first kappa shape index (κ1) is 15.5. The van der Waals surface area contributed by atoms with Crippen LogP contribution in [0.15, 0.2) is 46.0 Å². The summed E-state index contributed by atoms with van der Waals surface area (Å²) in [7, 11) is -3.87. The molecule has 0 aliphatic carbocycles. The van der Waals surface area contributed by atoms with Crippen LogP contribution in [-0.2, 0) is 21.2 Å². The van der Waals surface area contributed by atoms with Gasteiger partial charge in [-0.15, -0.1) is 11.3 Å². The summed E-state index contributed by atoms with van der Waals surface area (Å²) in [4.78, 5) is 11.1. The molecule has 0 atom stereocenters. The van der Waals surface area contributed by atoms with E-state index < -0.39 is 22.5 Å². The first-order valence-corrected chi connectivity index (χ1v) is 8.64. The van der Waals surface area contributed by atoms with E-state index in [1.54, 1.807) is 35.7 Å². The quantitative estimate of drug-likeness (QED) is 0.886. The summed E-state index contributed by atoms with van der Waals surface area (Å²) in [5.41, 5.74) is 1.20. The fourth-order valence-electron chi connectivity index (χ4n) is 1.99. The Morgan fingerprint density at radius 3 is 2.52 bits per heavy atom. The summed E-state index contributed by atoms with van der Waals surface area (Å²) in [6.07, 6.45) is 0.617. The number of benzene rings is 1. The molecule has 1 aromatic heterocycles. The fraction of sp³-hybridized carbons (Fsp3) is 0.214. The number of carbonyl (C=O) groups is 1. The lowest BCUT2D eigenvalue weighted by molar-refractivity contribution is -0.135. The molecule has 0 aliphatic heterocycles. The molecule has 0 unspecified atom stereocenters. The molecule has 21 heavy (non-hydrogen) atoms. The van der Waals surface area contributed by atoms with Gasteiger partial charge in [0.25, 0.3) is 10.0 Å². The van der Waals surface area contributed by atoms with E-state index in [4.69, 9.17) is 5.11 Å². The summed E-state index contributed by atoms with van der Waals surface area (Å²) >= 11 is 1.07. The Hall–Kier alpha value is -1.86. The van der Waals surface area contributed by atoms with Crippen molar-refractivity contribution in [1.29, 1.82) is 0 Å². The smallest absolute Gasteiger partial charge is 0.324 e. The van der Waals surface area contributed by atoms with Gasteiger partial charge in [-0.1, -0.05) is 31.2 Å². The number of aliphatic carboxylic acids is 1. The van der Waals surface area contributed by atoms with Crippen molar-refractivity contribution in [3.8, 4) is 0 Å². The van der Waals surface area contributed by atoms with Crippen LogP contribution in [0.1, 0.15) is 12.5 Å². The van der Waals surface area contributed by atoms with Gasteiger partial charge in [0, 0.05) is 0 Å². The molecule has 0 saturated carbocycles. The molecule has 2 rings (SSSR count). The molecule has 0 fully saturated rings. The fourth-order valence-corrected chi connectivity index (χ4v) is 4.55. The Morgan fingerprint density at radius 1 is 1.24 bits per heavy atom.